The molecule has 0 heterocycles. The van der Waals surface area contributed by atoms with Gasteiger partial charge in [0.2, 0.25) is 0 Å². The first-order valence-corrected chi connectivity index (χ1v) is 10.5. The summed E-state index contributed by atoms with van der Waals surface area (Å²) in [7, 11) is 0. The zero-order valence-electron chi connectivity index (χ0n) is 18.7. The minimum atomic E-state index is -1.06. The van der Waals surface area contributed by atoms with Crippen molar-refractivity contribution in [3.63, 3.8) is 0 Å². The van der Waals surface area contributed by atoms with Crippen LogP contribution in [0.25, 0.3) is 0 Å². The van der Waals surface area contributed by atoms with Gasteiger partial charge in [0.1, 0.15) is 11.5 Å². The minimum Gasteiger partial charge on any atom is -0.478 e. The Labute approximate surface area is 206 Å². The van der Waals surface area contributed by atoms with E-state index in [0.29, 0.717) is 11.5 Å². The topological polar surface area (TPSA) is 127 Å². The number of carboxylic acids is 2. The first-order valence-electron chi connectivity index (χ1n) is 10.5. The molecule has 36 heavy (non-hydrogen) atoms. The van der Waals surface area contributed by atoms with Gasteiger partial charge in [-0.15, -0.1) is 0 Å². The quantitative estimate of drug-likeness (QED) is 0.282. The lowest BCUT2D eigenvalue weighted by atomic mass is 10.1. The highest BCUT2D eigenvalue weighted by atomic mass is 16.5. The summed E-state index contributed by atoms with van der Waals surface area (Å²) in [6.07, 6.45) is 0. The molecule has 0 spiro atoms. The van der Waals surface area contributed by atoms with E-state index in [9.17, 15) is 19.2 Å². The lowest BCUT2D eigenvalue weighted by molar-refractivity contribution is 0.0681. The molecule has 0 saturated heterocycles. The zero-order chi connectivity index (χ0) is 25.9. The third kappa shape index (κ3) is 7.39. The number of benzene rings is 4. The van der Waals surface area contributed by atoms with E-state index in [1.807, 2.05) is 12.1 Å². The Kier molecular flexibility index (Phi) is 8.66. The number of carboxylic acid groups (broad SMARTS) is 2. The highest BCUT2D eigenvalue weighted by Crippen LogP contribution is 2.15. The van der Waals surface area contributed by atoms with E-state index in [1.54, 1.807) is 66.7 Å². The van der Waals surface area contributed by atoms with Gasteiger partial charge < -0.3 is 19.7 Å². The summed E-state index contributed by atoms with van der Waals surface area (Å²) in [5, 5.41) is 16.9. The first kappa shape index (κ1) is 25.4. The Morgan fingerprint density at radius 1 is 0.444 bits per heavy atom. The molecule has 4 rings (SSSR count). The van der Waals surface area contributed by atoms with Crippen molar-refractivity contribution in [2.75, 3.05) is 0 Å². The van der Waals surface area contributed by atoms with Gasteiger partial charge in [-0.3, -0.25) is 0 Å². The molecule has 2 N–H and O–H groups in total. The summed E-state index contributed by atoms with van der Waals surface area (Å²) in [6.45, 7) is 0. The third-order valence-corrected chi connectivity index (χ3v) is 4.62. The largest absolute Gasteiger partial charge is 0.478 e. The van der Waals surface area contributed by atoms with Crippen LogP contribution in [-0.2, 0) is 0 Å². The van der Waals surface area contributed by atoms with Crippen LogP contribution in [0.5, 0.6) is 11.5 Å². The number of esters is 2. The van der Waals surface area contributed by atoms with Gasteiger partial charge >= 0.3 is 23.9 Å². The van der Waals surface area contributed by atoms with Gasteiger partial charge in [0.15, 0.2) is 0 Å². The number of ether oxygens (including phenoxy) is 2. The van der Waals surface area contributed by atoms with Crippen molar-refractivity contribution >= 4 is 23.9 Å². The second-order valence-electron chi connectivity index (χ2n) is 7.17. The Hall–Kier alpha value is -5.24. The molecule has 0 aliphatic rings. The summed E-state index contributed by atoms with van der Waals surface area (Å²) >= 11 is 0. The second-order valence-corrected chi connectivity index (χ2v) is 7.17. The van der Waals surface area contributed by atoms with Crippen LogP contribution in [0.4, 0.5) is 0 Å². The van der Waals surface area contributed by atoms with Gasteiger partial charge in [0, 0.05) is 0 Å². The lowest BCUT2D eigenvalue weighted by Crippen LogP contribution is -2.12. The average molecular weight is 484 g/mol. The molecule has 0 aromatic heterocycles. The molecule has 0 atom stereocenters. The molecule has 0 radical (unpaired) electrons. The van der Waals surface area contributed by atoms with Crippen molar-refractivity contribution in [3.05, 3.63) is 131 Å². The molecule has 0 fully saturated rings. The van der Waals surface area contributed by atoms with Crippen molar-refractivity contribution < 1.29 is 38.9 Å². The van der Waals surface area contributed by atoms with Crippen LogP contribution in [0.2, 0.25) is 0 Å². The monoisotopic (exact) mass is 484 g/mol. The summed E-state index contributed by atoms with van der Waals surface area (Å²) in [5.41, 5.74) is 0.725. The molecule has 0 aliphatic heterocycles. The van der Waals surface area contributed by atoms with Gasteiger partial charge in [-0.1, -0.05) is 42.5 Å². The fourth-order valence-corrected chi connectivity index (χ4v) is 2.84. The molecule has 180 valence electrons. The normalized spacial score (nSPS) is 9.78. The molecule has 4 aromatic carbocycles. The molecule has 4 aromatic rings. The van der Waals surface area contributed by atoms with Crippen LogP contribution >= 0.6 is 0 Å². The number of hydrogen-bond acceptors (Lipinski definition) is 6. The second kappa shape index (κ2) is 12.3. The van der Waals surface area contributed by atoms with E-state index in [-0.39, 0.29) is 22.3 Å². The smallest absolute Gasteiger partial charge is 0.343 e. The Morgan fingerprint density at radius 2 is 0.806 bits per heavy atom. The number of carbonyl (C=O) groups excluding carboxylic acids is 2. The van der Waals surface area contributed by atoms with E-state index >= 15 is 0 Å². The summed E-state index contributed by atoms with van der Waals surface area (Å²) in [6, 6.07) is 28.8. The molecule has 0 amide bonds. The van der Waals surface area contributed by atoms with Crippen molar-refractivity contribution in [1.29, 1.82) is 0 Å². The summed E-state index contributed by atoms with van der Waals surface area (Å²) < 4.78 is 10.5. The number of hydrogen-bond donors (Lipinski definition) is 2. The maximum absolute atomic E-state index is 12.2. The maximum atomic E-state index is 12.2. The average Bonchev–Trinajstić information content (AvgIpc) is 2.90. The van der Waals surface area contributed by atoms with E-state index < -0.39 is 23.9 Å². The molecule has 0 saturated carbocycles. The van der Waals surface area contributed by atoms with E-state index in [4.69, 9.17) is 19.7 Å². The Bertz CT molecular complexity index is 1250. The first-order chi connectivity index (χ1) is 17.3. The summed E-state index contributed by atoms with van der Waals surface area (Å²) in [4.78, 5) is 45.0. The number of carbonyl (C=O) groups is 4. The van der Waals surface area contributed by atoms with Crippen LogP contribution in [0, 0.1) is 0 Å². The highest BCUT2D eigenvalue weighted by Gasteiger charge is 2.14. The predicted molar refractivity (Wildman–Crippen MR) is 130 cm³/mol. The number of aromatic carboxylic acids is 2. The summed E-state index contributed by atoms with van der Waals surface area (Å²) in [5.74, 6) is -2.30. The standard InChI is InChI=1S/C20H14O4.C8H6O4/c21-19(23-17-10-3-1-4-11-17)15-8-7-9-16(14-15)20(22)24-18-12-5-2-6-13-18;9-7(10)5-1-2-6(4-3-5)8(11)12/h1-14H;1-4H,(H,9,10)(H,11,12). The van der Waals surface area contributed by atoms with E-state index in [2.05, 4.69) is 0 Å². The minimum absolute atomic E-state index is 0.0833. The van der Waals surface area contributed by atoms with Gasteiger partial charge in [-0.2, -0.15) is 0 Å². The third-order valence-electron chi connectivity index (χ3n) is 4.62. The van der Waals surface area contributed by atoms with Gasteiger partial charge in [0.05, 0.1) is 22.3 Å². The fourth-order valence-electron chi connectivity index (χ4n) is 2.84. The van der Waals surface area contributed by atoms with Gasteiger partial charge in [0.25, 0.3) is 0 Å². The molecule has 0 unspecified atom stereocenters. The van der Waals surface area contributed by atoms with Crippen molar-refractivity contribution in [1.82, 2.24) is 0 Å². The molecule has 0 bridgehead atoms. The van der Waals surface area contributed by atoms with Gasteiger partial charge in [-0.25, -0.2) is 19.2 Å². The highest BCUT2D eigenvalue weighted by molar-refractivity contribution is 5.96. The molecular formula is C28H20O8. The van der Waals surface area contributed by atoms with E-state index in [1.165, 1.54) is 30.3 Å². The zero-order valence-corrected chi connectivity index (χ0v) is 18.7. The predicted octanol–water partition coefficient (Wildman–Crippen LogP) is 5.21. The molecular weight excluding hydrogens is 464 g/mol. The maximum Gasteiger partial charge on any atom is 0.343 e. The molecule has 8 nitrogen and oxygen atoms in total. The van der Waals surface area contributed by atoms with Crippen molar-refractivity contribution in [2.45, 2.75) is 0 Å². The fraction of sp³-hybridized carbons (Fsp3) is 0. The van der Waals surface area contributed by atoms with Crippen LogP contribution < -0.4 is 9.47 Å². The van der Waals surface area contributed by atoms with E-state index in [0.717, 1.165) is 0 Å². The van der Waals surface area contributed by atoms with Crippen molar-refractivity contribution in [2.24, 2.45) is 0 Å². The number of para-hydroxylation sites is 2. The molecule has 0 aliphatic carbocycles. The van der Waals surface area contributed by atoms with Crippen LogP contribution in [-0.4, -0.2) is 34.1 Å². The van der Waals surface area contributed by atoms with Crippen LogP contribution in [0.15, 0.2) is 109 Å². The Morgan fingerprint density at radius 3 is 1.14 bits per heavy atom. The number of rotatable bonds is 6. The Balaban J connectivity index is 0.000000253. The van der Waals surface area contributed by atoms with Gasteiger partial charge in [-0.05, 0) is 66.7 Å². The SMILES string of the molecule is O=C(O)c1ccc(C(=O)O)cc1.O=C(Oc1ccccc1)c1cccc(C(=O)Oc2ccccc2)c1. The molecule has 8 heteroatoms. The van der Waals surface area contributed by atoms with Crippen LogP contribution in [0.1, 0.15) is 41.4 Å². The van der Waals surface area contributed by atoms with Crippen LogP contribution in [0.3, 0.4) is 0 Å². The lowest BCUT2D eigenvalue weighted by Gasteiger charge is -2.07. The van der Waals surface area contributed by atoms with Crippen molar-refractivity contribution in [3.8, 4) is 11.5 Å².